The van der Waals surface area contributed by atoms with Gasteiger partial charge in [0.15, 0.2) is 5.82 Å². The summed E-state index contributed by atoms with van der Waals surface area (Å²) in [6.07, 6.45) is 5.13. The van der Waals surface area contributed by atoms with Gasteiger partial charge in [-0.1, -0.05) is 36.3 Å². The number of aromatic amines is 1. The number of benzene rings is 1. The molecule has 0 aliphatic rings. The van der Waals surface area contributed by atoms with E-state index in [4.69, 9.17) is 6.42 Å². The Morgan fingerprint density at radius 1 is 1.31 bits per heavy atom. The lowest BCUT2D eigenvalue weighted by Crippen LogP contribution is -2.13. The number of nitrogens with one attached hydrogen (secondary N) is 2. The van der Waals surface area contributed by atoms with Crippen molar-refractivity contribution < 1.29 is 0 Å². The fourth-order valence-electron chi connectivity index (χ4n) is 1.34. The zero-order valence-corrected chi connectivity index (χ0v) is 8.77. The molecular weight excluding hydrogens is 200 g/mol. The van der Waals surface area contributed by atoms with Gasteiger partial charge in [-0.2, -0.15) is 5.10 Å². The second kappa shape index (κ2) is 5.10. The molecule has 0 saturated heterocycles. The highest BCUT2D eigenvalue weighted by Gasteiger charge is 2.03. The van der Waals surface area contributed by atoms with Crippen LogP contribution in [0.3, 0.4) is 0 Å². The highest BCUT2D eigenvalue weighted by Crippen LogP contribution is 2.12. The van der Waals surface area contributed by atoms with Crippen molar-refractivity contribution in [2.45, 2.75) is 6.54 Å². The Labute approximate surface area is 94.1 Å². The molecule has 0 bridgehead atoms. The van der Waals surface area contributed by atoms with Crippen molar-refractivity contribution in [1.82, 2.24) is 20.5 Å². The van der Waals surface area contributed by atoms with E-state index in [1.165, 1.54) is 0 Å². The topological polar surface area (TPSA) is 53.6 Å². The molecule has 4 heteroatoms. The molecular formula is C12H12N4. The van der Waals surface area contributed by atoms with E-state index >= 15 is 0 Å². The molecule has 4 nitrogen and oxygen atoms in total. The van der Waals surface area contributed by atoms with Gasteiger partial charge in [0.2, 0.25) is 0 Å². The summed E-state index contributed by atoms with van der Waals surface area (Å²) in [7, 11) is 0. The molecule has 0 saturated carbocycles. The summed E-state index contributed by atoms with van der Waals surface area (Å²) in [5.41, 5.74) is 1.00. The zero-order valence-electron chi connectivity index (χ0n) is 8.77. The molecule has 0 aliphatic heterocycles. The van der Waals surface area contributed by atoms with Crippen LogP contribution in [0.25, 0.3) is 11.4 Å². The summed E-state index contributed by atoms with van der Waals surface area (Å²) in [6.45, 7) is 1.13. The van der Waals surface area contributed by atoms with Crippen LogP contribution >= 0.6 is 0 Å². The van der Waals surface area contributed by atoms with Crippen molar-refractivity contribution in [1.29, 1.82) is 0 Å². The molecule has 0 amide bonds. The molecule has 0 aliphatic carbocycles. The van der Waals surface area contributed by atoms with Crippen LogP contribution in [0.1, 0.15) is 5.82 Å². The monoisotopic (exact) mass is 212 g/mol. The molecule has 2 N–H and O–H groups in total. The molecule has 0 fully saturated rings. The molecule has 2 aromatic rings. The predicted molar refractivity (Wildman–Crippen MR) is 62.4 cm³/mol. The van der Waals surface area contributed by atoms with Gasteiger partial charge in [0.05, 0.1) is 13.1 Å². The van der Waals surface area contributed by atoms with E-state index in [9.17, 15) is 0 Å². The van der Waals surface area contributed by atoms with Crippen LogP contribution in [0.4, 0.5) is 0 Å². The van der Waals surface area contributed by atoms with Gasteiger partial charge in [0, 0.05) is 5.56 Å². The van der Waals surface area contributed by atoms with Crippen LogP contribution in [-0.4, -0.2) is 21.7 Å². The summed E-state index contributed by atoms with van der Waals surface area (Å²) < 4.78 is 0. The van der Waals surface area contributed by atoms with Gasteiger partial charge in [-0.25, -0.2) is 4.98 Å². The lowest BCUT2D eigenvalue weighted by molar-refractivity contribution is 0.727. The smallest absolute Gasteiger partial charge is 0.181 e. The summed E-state index contributed by atoms with van der Waals surface area (Å²) in [5.74, 6) is 4.00. The van der Waals surface area contributed by atoms with E-state index in [0.29, 0.717) is 18.9 Å². The summed E-state index contributed by atoms with van der Waals surface area (Å²) in [4.78, 5) is 4.35. The van der Waals surface area contributed by atoms with Crippen LogP contribution in [-0.2, 0) is 6.54 Å². The molecule has 0 atom stereocenters. The van der Waals surface area contributed by atoms with Gasteiger partial charge >= 0.3 is 0 Å². The largest absolute Gasteiger partial charge is 0.299 e. The van der Waals surface area contributed by atoms with Crippen molar-refractivity contribution in [3.05, 3.63) is 36.2 Å². The van der Waals surface area contributed by atoms with Crippen molar-refractivity contribution >= 4 is 0 Å². The van der Waals surface area contributed by atoms with E-state index in [2.05, 4.69) is 26.4 Å². The molecule has 80 valence electrons. The van der Waals surface area contributed by atoms with E-state index in [1.807, 2.05) is 30.3 Å². The van der Waals surface area contributed by atoms with Crippen LogP contribution in [0, 0.1) is 12.3 Å². The number of H-pyrrole nitrogens is 1. The highest BCUT2D eigenvalue weighted by molar-refractivity contribution is 5.53. The van der Waals surface area contributed by atoms with Crippen molar-refractivity contribution in [3.63, 3.8) is 0 Å². The van der Waals surface area contributed by atoms with Gasteiger partial charge in [-0.3, -0.25) is 10.4 Å². The van der Waals surface area contributed by atoms with Crippen LogP contribution in [0.2, 0.25) is 0 Å². The Bertz CT molecular complexity index is 481. The van der Waals surface area contributed by atoms with Crippen LogP contribution < -0.4 is 5.32 Å². The average Bonchev–Trinajstić information content (AvgIpc) is 2.79. The third-order valence-corrected chi connectivity index (χ3v) is 2.08. The average molecular weight is 212 g/mol. The third kappa shape index (κ3) is 2.47. The first-order valence-electron chi connectivity index (χ1n) is 5.01. The third-order valence-electron chi connectivity index (χ3n) is 2.08. The van der Waals surface area contributed by atoms with Gasteiger partial charge in [0.25, 0.3) is 0 Å². The number of nitrogens with zero attached hydrogens (tertiary/aromatic N) is 2. The van der Waals surface area contributed by atoms with Crippen molar-refractivity contribution in [2.24, 2.45) is 0 Å². The van der Waals surface area contributed by atoms with Gasteiger partial charge < -0.3 is 0 Å². The van der Waals surface area contributed by atoms with Gasteiger partial charge in [-0.15, -0.1) is 6.42 Å². The molecule has 0 unspecified atom stereocenters. The Balaban J connectivity index is 2.06. The highest BCUT2D eigenvalue weighted by atomic mass is 15.2. The normalized spacial score (nSPS) is 9.94. The minimum absolute atomic E-state index is 0.529. The Morgan fingerprint density at radius 3 is 2.88 bits per heavy atom. The molecule has 0 radical (unpaired) electrons. The second-order valence-corrected chi connectivity index (χ2v) is 3.28. The second-order valence-electron chi connectivity index (χ2n) is 3.28. The summed E-state index contributed by atoms with van der Waals surface area (Å²) in [5, 5.41) is 10.1. The Morgan fingerprint density at radius 2 is 2.12 bits per heavy atom. The van der Waals surface area contributed by atoms with E-state index in [-0.39, 0.29) is 0 Å². The lowest BCUT2D eigenvalue weighted by atomic mass is 10.2. The van der Waals surface area contributed by atoms with E-state index in [1.54, 1.807) is 0 Å². The SMILES string of the molecule is C#CCNCc1nc(-c2ccccc2)n[nH]1. The quantitative estimate of drug-likeness (QED) is 0.591. The molecule has 0 spiro atoms. The fourth-order valence-corrected chi connectivity index (χ4v) is 1.34. The maximum Gasteiger partial charge on any atom is 0.181 e. The molecule has 2 rings (SSSR count). The number of hydrogen-bond acceptors (Lipinski definition) is 3. The minimum atomic E-state index is 0.529. The van der Waals surface area contributed by atoms with Gasteiger partial charge in [0.1, 0.15) is 5.82 Å². The standard InChI is InChI=1S/C12H12N4/c1-2-8-13-9-11-14-12(16-15-11)10-6-4-3-5-7-10/h1,3-7,13H,8-9H2,(H,14,15,16). The minimum Gasteiger partial charge on any atom is -0.299 e. The first-order valence-corrected chi connectivity index (χ1v) is 5.01. The fraction of sp³-hybridized carbons (Fsp3) is 0.167. The first-order chi connectivity index (χ1) is 7.90. The summed E-state index contributed by atoms with van der Waals surface area (Å²) in [6, 6.07) is 9.83. The Hall–Kier alpha value is -2.12. The first kappa shape index (κ1) is 10.4. The van der Waals surface area contributed by atoms with E-state index < -0.39 is 0 Å². The lowest BCUT2D eigenvalue weighted by Gasteiger charge is -1.94. The number of aromatic nitrogens is 3. The molecule has 1 aromatic carbocycles. The number of rotatable bonds is 4. The Kier molecular flexibility index (Phi) is 3.31. The maximum absolute atomic E-state index is 5.13. The number of hydrogen-bond donors (Lipinski definition) is 2. The zero-order chi connectivity index (χ0) is 11.2. The van der Waals surface area contributed by atoms with Gasteiger partial charge in [-0.05, 0) is 0 Å². The predicted octanol–water partition coefficient (Wildman–Crippen LogP) is 1.19. The summed E-state index contributed by atoms with van der Waals surface area (Å²) >= 11 is 0. The molecule has 1 aromatic heterocycles. The molecule has 1 heterocycles. The van der Waals surface area contributed by atoms with Crippen LogP contribution in [0.5, 0.6) is 0 Å². The maximum atomic E-state index is 5.13. The van der Waals surface area contributed by atoms with E-state index in [0.717, 1.165) is 11.4 Å². The van der Waals surface area contributed by atoms with Crippen molar-refractivity contribution in [3.8, 4) is 23.7 Å². The molecule has 16 heavy (non-hydrogen) atoms. The number of terminal acetylenes is 1. The van der Waals surface area contributed by atoms with Crippen molar-refractivity contribution in [2.75, 3.05) is 6.54 Å². The van der Waals surface area contributed by atoms with Crippen LogP contribution in [0.15, 0.2) is 30.3 Å².